The first-order valence-corrected chi connectivity index (χ1v) is 10.3. The summed E-state index contributed by atoms with van der Waals surface area (Å²) < 4.78 is 0. The van der Waals surface area contributed by atoms with Gasteiger partial charge in [0.1, 0.15) is 6.61 Å². The fourth-order valence-corrected chi connectivity index (χ4v) is 7.37. The van der Waals surface area contributed by atoms with Crippen LogP contribution in [0.3, 0.4) is 0 Å². The Labute approximate surface area is 174 Å². The van der Waals surface area contributed by atoms with E-state index in [2.05, 4.69) is 6.58 Å². The molecule has 7 atom stereocenters. The number of Topliss-reactive ketones (excluding diaryl/α,β-unsaturated/α-hetero) is 1. The molecule has 0 aromatic heterocycles. The first kappa shape index (κ1) is 20.1. The summed E-state index contributed by atoms with van der Waals surface area (Å²) in [7, 11) is 0. The molecule has 0 bridgehead atoms. The monoisotopic (exact) mass is 422 g/mol. The molecule has 2 fully saturated rings. The van der Waals surface area contributed by atoms with Crippen molar-refractivity contribution in [2.45, 2.75) is 42.5 Å². The standard InChI is InChI=1S/C22H24Cl2O4/c1-12-8-16-15-5-4-13-9-14(26)6-7-19(13,2)21(15,24)17(23)10-20(16,3)22(12,28)18(27)11-25/h4-7,9,15-17,25,28H,1,8,10-11H2,2-3H3/t15-,16-,17-,19-,20-,21-,22-/m0/s1. The van der Waals surface area contributed by atoms with E-state index in [0.29, 0.717) is 18.4 Å². The van der Waals surface area contributed by atoms with Crippen LogP contribution in [0.1, 0.15) is 26.7 Å². The van der Waals surface area contributed by atoms with E-state index in [4.69, 9.17) is 23.2 Å². The molecule has 0 amide bonds. The number of hydrogen-bond acceptors (Lipinski definition) is 4. The molecule has 0 aliphatic heterocycles. The Kier molecular flexibility index (Phi) is 4.24. The molecule has 4 aliphatic rings. The predicted molar refractivity (Wildman–Crippen MR) is 108 cm³/mol. The van der Waals surface area contributed by atoms with Gasteiger partial charge in [-0.1, -0.05) is 38.7 Å². The fourth-order valence-electron chi connectivity index (χ4n) is 6.20. The summed E-state index contributed by atoms with van der Waals surface area (Å²) in [4.78, 5) is 23.5. The number of aliphatic hydroxyl groups is 2. The first-order valence-electron chi connectivity index (χ1n) is 9.48. The summed E-state index contributed by atoms with van der Waals surface area (Å²) >= 11 is 14.3. The minimum Gasteiger partial charge on any atom is -0.388 e. The highest BCUT2D eigenvalue weighted by Crippen LogP contribution is 2.70. The number of fused-ring (bicyclic) bond motifs is 5. The van der Waals surface area contributed by atoms with E-state index in [-0.39, 0.29) is 17.6 Å². The van der Waals surface area contributed by atoms with Gasteiger partial charge in [0.15, 0.2) is 17.2 Å². The molecule has 4 aliphatic carbocycles. The van der Waals surface area contributed by atoms with Crippen LogP contribution in [0.4, 0.5) is 0 Å². The van der Waals surface area contributed by atoms with Gasteiger partial charge in [0.2, 0.25) is 0 Å². The Morgan fingerprint density at radius 2 is 2.04 bits per heavy atom. The minimum absolute atomic E-state index is 0.0835. The second-order valence-electron chi connectivity index (χ2n) is 8.99. The molecule has 2 saturated carbocycles. The highest BCUT2D eigenvalue weighted by atomic mass is 35.5. The van der Waals surface area contributed by atoms with E-state index in [1.807, 2.05) is 32.1 Å². The number of aliphatic hydroxyl groups excluding tert-OH is 1. The van der Waals surface area contributed by atoms with E-state index in [0.717, 1.165) is 5.57 Å². The van der Waals surface area contributed by atoms with E-state index in [1.165, 1.54) is 6.08 Å². The summed E-state index contributed by atoms with van der Waals surface area (Å²) in [5.41, 5.74) is -2.16. The lowest BCUT2D eigenvalue weighted by atomic mass is 9.48. The normalized spacial score (nSPS) is 49.4. The molecule has 6 heteroatoms. The molecule has 150 valence electrons. The van der Waals surface area contributed by atoms with Crippen LogP contribution in [0.15, 0.2) is 48.1 Å². The van der Waals surface area contributed by atoms with Gasteiger partial charge in [0.05, 0.1) is 10.3 Å². The lowest BCUT2D eigenvalue weighted by Crippen LogP contribution is -2.66. The van der Waals surface area contributed by atoms with E-state index in [9.17, 15) is 19.8 Å². The van der Waals surface area contributed by atoms with Crippen LogP contribution in [0.2, 0.25) is 0 Å². The summed E-state index contributed by atoms with van der Waals surface area (Å²) in [6, 6.07) is 0. The SMILES string of the molecule is C=C1C[C@H]2[C@@H]3C=CC4=CC(=O)C=C[C@]4(C)[C@@]3(Cl)[C@@H](Cl)C[C@]2(C)[C@@]1(O)C(=O)CO. The predicted octanol–water partition coefficient (Wildman–Crippen LogP) is 3.11. The van der Waals surface area contributed by atoms with Gasteiger partial charge < -0.3 is 10.2 Å². The maximum Gasteiger partial charge on any atom is 0.194 e. The van der Waals surface area contributed by atoms with Crippen LogP contribution in [0, 0.1) is 22.7 Å². The molecule has 0 aromatic carbocycles. The zero-order valence-electron chi connectivity index (χ0n) is 15.9. The highest BCUT2D eigenvalue weighted by Gasteiger charge is 2.73. The summed E-state index contributed by atoms with van der Waals surface area (Å²) in [6.45, 7) is 7.05. The number of halogens is 2. The number of carbonyl (C=O) groups excluding carboxylic acids is 2. The molecule has 2 N–H and O–H groups in total. The van der Waals surface area contributed by atoms with Crippen LogP contribution in [0.25, 0.3) is 0 Å². The Hall–Kier alpha value is -1.20. The Morgan fingerprint density at radius 3 is 2.68 bits per heavy atom. The molecule has 4 rings (SSSR count). The Bertz CT molecular complexity index is 889. The number of rotatable bonds is 2. The van der Waals surface area contributed by atoms with Gasteiger partial charge in [0, 0.05) is 16.7 Å². The number of carbonyl (C=O) groups is 2. The largest absolute Gasteiger partial charge is 0.388 e. The maximum absolute atomic E-state index is 12.6. The van der Waals surface area contributed by atoms with Gasteiger partial charge in [-0.15, -0.1) is 23.2 Å². The maximum atomic E-state index is 12.6. The van der Waals surface area contributed by atoms with Crippen LogP contribution in [0.5, 0.6) is 0 Å². The van der Waals surface area contributed by atoms with Crippen molar-refractivity contribution in [1.29, 1.82) is 0 Å². The molecule has 0 unspecified atom stereocenters. The van der Waals surface area contributed by atoms with Crippen molar-refractivity contribution in [3.8, 4) is 0 Å². The molecule has 28 heavy (non-hydrogen) atoms. The number of ketones is 2. The van der Waals surface area contributed by atoms with E-state index < -0.39 is 39.1 Å². The average molecular weight is 423 g/mol. The van der Waals surface area contributed by atoms with Gasteiger partial charge in [-0.05, 0) is 42.1 Å². The molecule has 0 radical (unpaired) electrons. The molecule has 4 nitrogen and oxygen atoms in total. The van der Waals surface area contributed by atoms with Crippen molar-refractivity contribution in [2.24, 2.45) is 22.7 Å². The molecular formula is C22H24Cl2O4. The lowest BCUT2D eigenvalue weighted by molar-refractivity contribution is -0.154. The van der Waals surface area contributed by atoms with Crippen LogP contribution < -0.4 is 0 Å². The Balaban J connectivity index is 1.90. The molecule has 0 saturated heterocycles. The second kappa shape index (κ2) is 5.91. The van der Waals surface area contributed by atoms with Crippen molar-refractivity contribution in [3.05, 3.63) is 48.1 Å². The average Bonchev–Trinajstić information content (AvgIpc) is 2.84. The van der Waals surface area contributed by atoms with E-state index in [1.54, 1.807) is 6.08 Å². The number of alkyl halides is 2. The third-order valence-electron chi connectivity index (χ3n) is 7.91. The topological polar surface area (TPSA) is 74.6 Å². The molecular weight excluding hydrogens is 399 g/mol. The lowest BCUT2D eigenvalue weighted by Gasteiger charge is -2.62. The molecule has 0 spiro atoms. The molecule has 0 heterocycles. The smallest absolute Gasteiger partial charge is 0.194 e. The first-order chi connectivity index (χ1) is 13.0. The van der Waals surface area contributed by atoms with Crippen molar-refractivity contribution in [3.63, 3.8) is 0 Å². The van der Waals surface area contributed by atoms with E-state index >= 15 is 0 Å². The van der Waals surface area contributed by atoms with Crippen molar-refractivity contribution >= 4 is 34.8 Å². The van der Waals surface area contributed by atoms with Crippen molar-refractivity contribution < 1.29 is 19.8 Å². The number of allylic oxidation sites excluding steroid dienone is 6. The summed E-state index contributed by atoms with van der Waals surface area (Å²) in [5, 5.41) is 20.3. The highest BCUT2D eigenvalue weighted by molar-refractivity contribution is 6.34. The van der Waals surface area contributed by atoms with Crippen LogP contribution in [-0.4, -0.2) is 44.2 Å². The summed E-state index contributed by atoms with van der Waals surface area (Å²) in [6.07, 6.45) is 9.54. The Morgan fingerprint density at radius 1 is 1.36 bits per heavy atom. The third kappa shape index (κ3) is 2.05. The van der Waals surface area contributed by atoms with Gasteiger partial charge >= 0.3 is 0 Å². The second-order valence-corrected chi connectivity index (χ2v) is 10.1. The minimum atomic E-state index is -1.83. The van der Waals surface area contributed by atoms with Crippen LogP contribution in [-0.2, 0) is 9.59 Å². The number of hydrogen-bond donors (Lipinski definition) is 2. The van der Waals surface area contributed by atoms with Gasteiger partial charge in [-0.25, -0.2) is 0 Å². The van der Waals surface area contributed by atoms with Gasteiger partial charge in [-0.3, -0.25) is 9.59 Å². The molecule has 0 aromatic rings. The zero-order chi connectivity index (χ0) is 20.7. The summed E-state index contributed by atoms with van der Waals surface area (Å²) in [5.74, 6) is -1.15. The zero-order valence-corrected chi connectivity index (χ0v) is 17.4. The fraction of sp³-hybridized carbons (Fsp3) is 0.545. The van der Waals surface area contributed by atoms with Gasteiger partial charge in [-0.2, -0.15) is 0 Å². The van der Waals surface area contributed by atoms with Crippen LogP contribution >= 0.6 is 23.2 Å². The van der Waals surface area contributed by atoms with Gasteiger partial charge in [0.25, 0.3) is 0 Å². The van der Waals surface area contributed by atoms with Crippen molar-refractivity contribution in [1.82, 2.24) is 0 Å². The third-order valence-corrected chi connectivity index (χ3v) is 9.42. The van der Waals surface area contributed by atoms with Crippen molar-refractivity contribution in [2.75, 3.05) is 6.61 Å². The quantitative estimate of drug-likeness (QED) is 0.529.